The molecule has 1 aliphatic rings. The third-order valence-corrected chi connectivity index (χ3v) is 6.32. The molecule has 0 spiro atoms. The number of carbonyl (C=O) groups excluding carboxylic acids is 2. The minimum Gasteiger partial charge on any atom is -0.351 e. The molecular weight excluding hydrogens is 376 g/mol. The number of benzene rings is 1. The Morgan fingerprint density at radius 2 is 2.24 bits per heavy atom. The molecule has 25 heavy (non-hydrogen) atoms. The van der Waals surface area contributed by atoms with Crippen LogP contribution >= 0.6 is 34.7 Å². The molecule has 0 aliphatic carbocycles. The lowest BCUT2D eigenvalue weighted by Crippen LogP contribution is -2.27. The number of nitrogens with zero attached hydrogens (tertiary/aromatic N) is 1. The van der Waals surface area contributed by atoms with Crippen molar-refractivity contribution < 1.29 is 9.59 Å². The molecule has 2 aromatic rings. The summed E-state index contributed by atoms with van der Waals surface area (Å²) in [5, 5.41) is 5.49. The zero-order chi connectivity index (χ0) is 17.6. The first-order chi connectivity index (χ1) is 12.1. The number of rotatable bonds is 7. The van der Waals surface area contributed by atoms with Crippen molar-refractivity contribution in [2.75, 3.05) is 23.7 Å². The van der Waals surface area contributed by atoms with E-state index in [1.54, 1.807) is 46.2 Å². The van der Waals surface area contributed by atoms with Crippen molar-refractivity contribution in [3.63, 3.8) is 0 Å². The smallest absolute Gasteiger partial charge is 0.251 e. The molecule has 0 saturated carbocycles. The monoisotopic (exact) mass is 394 g/mol. The number of thioether (sulfide) groups is 1. The zero-order valence-corrected chi connectivity index (χ0v) is 16.1. The van der Waals surface area contributed by atoms with Crippen LogP contribution in [0.2, 0.25) is 5.02 Å². The lowest BCUT2D eigenvalue weighted by atomic mass is 10.1. The van der Waals surface area contributed by atoms with Crippen LogP contribution < -0.4 is 10.2 Å². The Kier molecular flexibility index (Phi) is 6.39. The summed E-state index contributed by atoms with van der Waals surface area (Å²) in [5.41, 5.74) is 1.16. The van der Waals surface area contributed by atoms with Crippen LogP contribution in [0.3, 0.4) is 0 Å². The Labute approximate surface area is 160 Å². The fraction of sp³-hybridized carbons (Fsp3) is 0.333. The Hall–Kier alpha value is -1.50. The van der Waals surface area contributed by atoms with E-state index in [9.17, 15) is 9.59 Å². The van der Waals surface area contributed by atoms with Gasteiger partial charge in [0.15, 0.2) is 0 Å². The standard InChI is InChI=1S/C18H19ClN2O2S2/c19-15-6-5-13(11-16(15)21-8-1-4-17(21)22)18(23)20-7-10-24-12-14-3-2-9-25-14/h2-3,5-6,9,11H,1,4,7-8,10,12H2,(H,20,23). The molecule has 132 valence electrons. The topological polar surface area (TPSA) is 49.4 Å². The Morgan fingerprint density at radius 3 is 2.96 bits per heavy atom. The van der Waals surface area contributed by atoms with E-state index in [4.69, 9.17) is 11.6 Å². The van der Waals surface area contributed by atoms with E-state index >= 15 is 0 Å². The maximum absolute atomic E-state index is 12.3. The number of carbonyl (C=O) groups is 2. The minimum absolute atomic E-state index is 0.0597. The van der Waals surface area contributed by atoms with Crippen LogP contribution in [0.25, 0.3) is 0 Å². The van der Waals surface area contributed by atoms with Crippen molar-refractivity contribution in [2.24, 2.45) is 0 Å². The molecule has 1 saturated heterocycles. The van der Waals surface area contributed by atoms with Gasteiger partial charge in [-0.2, -0.15) is 11.8 Å². The van der Waals surface area contributed by atoms with E-state index in [0.717, 1.165) is 17.9 Å². The van der Waals surface area contributed by atoms with Gasteiger partial charge in [0.25, 0.3) is 5.91 Å². The number of nitrogens with one attached hydrogen (secondary N) is 1. The van der Waals surface area contributed by atoms with E-state index in [1.807, 2.05) is 6.07 Å². The molecule has 7 heteroatoms. The van der Waals surface area contributed by atoms with Crippen molar-refractivity contribution >= 4 is 52.2 Å². The van der Waals surface area contributed by atoms with Gasteiger partial charge in [-0.1, -0.05) is 17.7 Å². The average Bonchev–Trinajstić information content (AvgIpc) is 3.26. The molecule has 2 heterocycles. The highest BCUT2D eigenvalue weighted by molar-refractivity contribution is 7.98. The molecule has 2 amide bonds. The number of anilines is 1. The fourth-order valence-corrected chi connectivity index (χ4v) is 4.59. The van der Waals surface area contributed by atoms with Gasteiger partial charge in [0.05, 0.1) is 10.7 Å². The molecule has 0 radical (unpaired) electrons. The quantitative estimate of drug-likeness (QED) is 0.716. The zero-order valence-electron chi connectivity index (χ0n) is 13.7. The lowest BCUT2D eigenvalue weighted by molar-refractivity contribution is -0.117. The van der Waals surface area contributed by atoms with E-state index in [1.165, 1.54) is 4.88 Å². The second-order valence-corrected chi connectivity index (χ2v) is 8.25. The summed E-state index contributed by atoms with van der Waals surface area (Å²) < 4.78 is 0. The number of thiophene rings is 1. The number of halogens is 1. The van der Waals surface area contributed by atoms with E-state index in [2.05, 4.69) is 16.8 Å². The van der Waals surface area contributed by atoms with Gasteiger partial charge in [0.2, 0.25) is 5.91 Å². The molecule has 1 N–H and O–H groups in total. The van der Waals surface area contributed by atoms with Crippen LogP contribution in [0, 0.1) is 0 Å². The third-order valence-electron chi connectivity index (χ3n) is 3.93. The van der Waals surface area contributed by atoms with Gasteiger partial charge >= 0.3 is 0 Å². The van der Waals surface area contributed by atoms with Crippen LogP contribution in [0.5, 0.6) is 0 Å². The van der Waals surface area contributed by atoms with Crippen molar-refractivity contribution in [1.29, 1.82) is 0 Å². The van der Waals surface area contributed by atoms with E-state index < -0.39 is 0 Å². The van der Waals surface area contributed by atoms with Crippen molar-refractivity contribution in [2.45, 2.75) is 18.6 Å². The Bertz CT molecular complexity index is 750. The number of hydrogen-bond donors (Lipinski definition) is 1. The summed E-state index contributed by atoms with van der Waals surface area (Å²) in [6, 6.07) is 9.25. The highest BCUT2D eigenvalue weighted by Crippen LogP contribution is 2.30. The van der Waals surface area contributed by atoms with Crippen LogP contribution in [0.15, 0.2) is 35.7 Å². The largest absolute Gasteiger partial charge is 0.351 e. The van der Waals surface area contributed by atoms with Crippen LogP contribution in [-0.2, 0) is 10.5 Å². The van der Waals surface area contributed by atoms with Crippen LogP contribution in [0.4, 0.5) is 5.69 Å². The molecule has 1 fully saturated rings. The first-order valence-electron chi connectivity index (χ1n) is 8.13. The summed E-state index contributed by atoms with van der Waals surface area (Å²) >= 11 is 9.76. The maximum atomic E-state index is 12.3. The predicted octanol–water partition coefficient (Wildman–Crippen LogP) is 4.19. The Balaban J connectivity index is 1.52. The molecule has 1 aromatic heterocycles. The molecule has 3 rings (SSSR count). The summed E-state index contributed by atoms with van der Waals surface area (Å²) in [6.07, 6.45) is 1.36. The molecule has 0 bridgehead atoms. The van der Waals surface area contributed by atoms with Gasteiger partial charge in [-0.05, 0) is 36.1 Å². The minimum atomic E-state index is -0.138. The van der Waals surface area contributed by atoms with Gasteiger partial charge < -0.3 is 10.2 Å². The van der Waals surface area contributed by atoms with Gasteiger partial charge in [0.1, 0.15) is 0 Å². The van der Waals surface area contributed by atoms with Gasteiger partial charge in [-0.3, -0.25) is 9.59 Å². The van der Waals surface area contributed by atoms with Crippen molar-refractivity contribution in [1.82, 2.24) is 5.32 Å². The van der Waals surface area contributed by atoms with Crippen LogP contribution in [0.1, 0.15) is 28.1 Å². The molecule has 0 unspecified atom stereocenters. The number of amides is 2. The highest BCUT2D eigenvalue weighted by atomic mass is 35.5. The number of hydrogen-bond acceptors (Lipinski definition) is 4. The maximum Gasteiger partial charge on any atom is 0.251 e. The lowest BCUT2D eigenvalue weighted by Gasteiger charge is -2.18. The van der Waals surface area contributed by atoms with E-state index in [-0.39, 0.29) is 11.8 Å². The van der Waals surface area contributed by atoms with Gasteiger partial charge in [-0.15, -0.1) is 11.3 Å². The molecular formula is C18H19ClN2O2S2. The molecule has 4 nitrogen and oxygen atoms in total. The van der Waals surface area contributed by atoms with Crippen LogP contribution in [-0.4, -0.2) is 30.7 Å². The SMILES string of the molecule is O=C(NCCSCc1cccs1)c1ccc(Cl)c(N2CCCC2=O)c1. The fourth-order valence-electron chi connectivity index (χ4n) is 2.67. The normalized spacial score (nSPS) is 14.1. The average molecular weight is 395 g/mol. The van der Waals surface area contributed by atoms with E-state index in [0.29, 0.717) is 35.8 Å². The summed E-state index contributed by atoms with van der Waals surface area (Å²) in [5.74, 6) is 1.75. The van der Waals surface area contributed by atoms with Crippen molar-refractivity contribution in [3.05, 3.63) is 51.2 Å². The summed E-state index contributed by atoms with van der Waals surface area (Å²) in [4.78, 5) is 27.3. The molecule has 1 aromatic carbocycles. The second kappa shape index (κ2) is 8.74. The predicted molar refractivity (Wildman–Crippen MR) is 106 cm³/mol. The second-order valence-electron chi connectivity index (χ2n) is 5.70. The summed E-state index contributed by atoms with van der Waals surface area (Å²) in [6.45, 7) is 1.26. The first kappa shape index (κ1) is 18.3. The Morgan fingerprint density at radius 1 is 1.36 bits per heavy atom. The highest BCUT2D eigenvalue weighted by Gasteiger charge is 2.24. The van der Waals surface area contributed by atoms with Gasteiger partial charge in [-0.25, -0.2) is 0 Å². The summed E-state index contributed by atoms with van der Waals surface area (Å²) in [7, 11) is 0. The van der Waals surface area contributed by atoms with Gasteiger partial charge in [0, 0.05) is 41.5 Å². The van der Waals surface area contributed by atoms with Crippen molar-refractivity contribution in [3.8, 4) is 0 Å². The first-order valence-corrected chi connectivity index (χ1v) is 10.5. The molecule has 1 aliphatic heterocycles. The third kappa shape index (κ3) is 4.77. The molecule has 0 atom stereocenters.